The molecule has 11 heteroatoms. The predicted molar refractivity (Wildman–Crippen MR) is 158 cm³/mol. The molecule has 0 spiro atoms. The van der Waals surface area contributed by atoms with E-state index in [4.69, 9.17) is 4.74 Å². The van der Waals surface area contributed by atoms with Crippen molar-refractivity contribution in [3.63, 3.8) is 0 Å². The van der Waals surface area contributed by atoms with Gasteiger partial charge in [-0.3, -0.25) is 14.5 Å². The molecule has 41 heavy (non-hydrogen) atoms. The Morgan fingerprint density at radius 3 is 2.61 bits per heavy atom. The molecule has 1 fully saturated rings. The number of hydrogen-bond donors (Lipinski definition) is 3. The molecule has 0 saturated heterocycles. The van der Waals surface area contributed by atoms with E-state index in [2.05, 4.69) is 25.9 Å². The van der Waals surface area contributed by atoms with Crippen molar-refractivity contribution in [2.45, 2.75) is 58.0 Å². The minimum Gasteiger partial charge on any atom is -0.439 e. The summed E-state index contributed by atoms with van der Waals surface area (Å²) in [5.41, 5.74) is 2.30. The van der Waals surface area contributed by atoms with Gasteiger partial charge in [-0.2, -0.15) is 0 Å². The number of aromatic nitrogens is 2. The van der Waals surface area contributed by atoms with E-state index in [0.717, 1.165) is 19.3 Å². The van der Waals surface area contributed by atoms with Crippen molar-refractivity contribution < 1.29 is 19.1 Å². The van der Waals surface area contributed by atoms with Crippen molar-refractivity contribution in [3.8, 4) is 11.6 Å². The van der Waals surface area contributed by atoms with Crippen LogP contribution in [-0.2, 0) is 4.79 Å². The average molecular weight is 571 g/mol. The summed E-state index contributed by atoms with van der Waals surface area (Å²) in [6.45, 7) is 3.65. The normalized spacial score (nSPS) is 18.1. The second-order valence-electron chi connectivity index (χ2n) is 10.2. The maximum absolute atomic E-state index is 13.5. The van der Waals surface area contributed by atoms with Gasteiger partial charge in [0.1, 0.15) is 15.5 Å². The molecule has 2 aliphatic rings. The van der Waals surface area contributed by atoms with E-state index in [0.29, 0.717) is 62.3 Å². The second-order valence-corrected chi connectivity index (χ2v) is 11.2. The van der Waals surface area contributed by atoms with Gasteiger partial charge in [0.15, 0.2) is 0 Å². The summed E-state index contributed by atoms with van der Waals surface area (Å²) in [4.78, 5) is 50.6. The first-order chi connectivity index (χ1) is 19.9. The van der Waals surface area contributed by atoms with E-state index >= 15 is 0 Å². The maximum atomic E-state index is 13.5. The topological polar surface area (TPSA) is 126 Å². The van der Waals surface area contributed by atoms with Crippen LogP contribution in [0.2, 0.25) is 0 Å². The molecule has 2 atom stereocenters. The Hall–Kier alpha value is -4.51. The summed E-state index contributed by atoms with van der Waals surface area (Å²) in [7, 11) is 0. The van der Waals surface area contributed by atoms with Crippen molar-refractivity contribution >= 4 is 56.5 Å². The molecule has 2 unspecified atom stereocenters. The van der Waals surface area contributed by atoms with E-state index in [9.17, 15) is 14.4 Å². The van der Waals surface area contributed by atoms with Gasteiger partial charge in [0.25, 0.3) is 5.91 Å². The Balaban J connectivity index is 1.26. The van der Waals surface area contributed by atoms with Crippen LogP contribution in [0.15, 0.2) is 54.7 Å². The molecule has 3 N–H and O–H groups in total. The lowest BCUT2D eigenvalue weighted by Gasteiger charge is -2.31. The Kier molecular flexibility index (Phi) is 7.27. The number of ether oxygens (including phenoxy) is 1. The first-order valence-corrected chi connectivity index (χ1v) is 14.6. The minimum atomic E-state index is -0.390. The zero-order chi connectivity index (χ0) is 28.5. The number of nitrogens with zero attached hydrogens (tertiary/aromatic N) is 3. The Morgan fingerprint density at radius 2 is 1.85 bits per heavy atom. The number of benzene rings is 1. The number of anilines is 3. The fourth-order valence-electron chi connectivity index (χ4n) is 5.45. The standard InChI is InChI=1S/C30H30N6O4S/c1-3-23(37)33-18-8-7-9-19(16-18)34-28(38)27-26-25-22(14-15-31-29(25)41-27)36(30(39)35-26)21-12-13-24(32-17(21)2)40-20-10-5-4-6-11-20/h4-6,10-15,18-19H,3,7-9,16H2,1-2H3,(H,33,37)(H,34,38)(H,35,39). The number of para-hydroxylation sites is 1. The van der Waals surface area contributed by atoms with Gasteiger partial charge in [0, 0.05) is 30.8 Å². The number of urea groups is 1. The molecule has 1 aromatic carbocycles. The Morgan fingerprint density at radius 1 is 1.07 bits per heavy atom. The van der Waals surface area contributed by atoms with Gasteiger partial charge in [-0.1, -0.05) is 25.1 Å². The molecule has 1 aliphatic heterocycles. The van der Waals surface area contributed by atoms with Crippen LogP contribution in [0.5, 0.6) is 11.6 Å². The van der Waals surface area contributed by atoms with Crippen molar-refractivity contribution in [1.29, 1.82) is 0 Å². The van der Waals surface area contributed by atoms with Crippen LogP contribution in [0.3, 0.4) is 0 Å². The zero-order valence-corrected chi connectivity index (χ0v) is 23.6. The summed E-state index contributed by atoms with van der Waals surface area (Å²) in [6, 6.07) is 14.3. The largest absolute Gasteiger partial charge is 0.439 e. The van der Waals surface area contributed by atoms with Crippen LogP contribution >= 0.6 is 11.3 Å². The molecule has 0 bridgehead atoms. The quantitative estimate of drug-likeness (QED) is 0.249. The van der Waals surface area contributed by atoms with Gasteiger partial charge >= 0.3 is 6.03 Å². The first kappa shape index (κ1) is 26.7. The lowest BCUT2D eigenvalue weighted by atomic mass is 9.90. The highest BCUT2D eigenvalue weighted by molar-refractivity contribution is 7.21. The van der Waals surface area contributed by atoms with Crippen LogP contribution in [0.4, 0.5) is 21.9 Å². The summed E-state index contributed by atoms with van der Waals surface area (Å²) < 4.78 is 5.86. The molecule has 1 aliphatic carbocycles. The lowest BCUT2D eigenvalue weighted by Crippen LogP contribution is -2.45. The number of amides is 4. The maximum Gasteiger partial charge on any atom is 0.331 e. The van der Waals surface area contributed by atoms with E-state index in [1.54, 1.807) is 29.3 Å². The molecule has 4 heterocycles. The SMILES string of the molecule is CCC(=O)NC1CCCC(NC(=O)c2sc3nccc4c3c2NC(=O)N4c2ccc(Oc3ccccc3)nc2C)C1. The fourth-order valence-corrected chi connectivity index (χ4v) is 6.47. The molecular weight excluding hydrogens is 540 g/mol. The van der Waals surface area contributed by atoms with E-state index in [1.807, 2.05) is 44.2 Å². The number of aryl methyl sites for hydroxylation is 1. The van der Waals surface area contributed by atoms with Gasteiger partial charge in [0.05, 0.1) is 28.1 Å². The van der Waals surface area contributed by atoms with Crippen LogP contribution in [0, 0.1) is 6.92 Å². The average Bonchev–Trinajstić information content (AvgIpc) is 3.34. The molecule has 1 saturated carbocycles. The molecule has 3 aromatic heterocycles. The third-order valence-electron chi connectivity index (χ3n) is 7.39. The summed E-state index contributed by atoms with van der Waals surface area (Å²) in [6.07, 6.45) is 5.41. The minimum absolute atomic E-state index is 0.0191. The molecule has 4 aromatic rings. The predicted octanol–water partition coefficient (Wildman–Crippen LogP) is 6.04. The monoisotopic (exact) mass is 570 g/mol. The third-order valence-corrected chi connectivity index (χ3v) is 8.48. The smallest absolute Gasteiger partial charge is 0.331 e. The van der Waals surface area contributed by atoms with Crippen LogP contribution in [0.25, 0.3) is 10.2 Å². The van der Waals surface area contributed by atoms with Gasteiger partial charge in [-0.25, -0.2) is 14.8 Å². The number of nitrogens with one attached hydrogen (secondary N) is 3. The third kappa shape index (κ3) is 5.32. The van der Waals surface area contributed by atoms with Gasteiger partial charge in [0.2, 0.25) is 11.8 Å². The number of rotatable bonds is 7. The summed E-state index contributed by atoms with van der Waals surface area (Å²) in [5, 5.41) is 9.83. The number of thiophene rings is 1. The molecule has 6 rings (SSSR count). The highest BCUT2D eigenvalue weighted by Gasteiger charge is 2.34. The van der Waals surface area contributed by atoms with Gasteiger partial charge < -0.3 is 20.7 Å². The molecule has 210 valence electrons. The Labute approximate surface area is 241 Å². The highest BCUT2D eigenvalue weighted by Crippen LogP contribution is 2.46. The van der Waals surface area contributed by atoms with E-state index < -0.39 is 0 Å². The van der Waals surface area contributed by atoms with Crippen LogP contribution in [0.1, 0.15) is 54.4 Å². The van der Waals surface area contributed by atoms with Crippen molar-refractivity contribution in [2.24, 2.45) is 0 Å². The van der Waals surface area contributed by atoms with Crippen LogP contribution < -0.4 is 25.6 Å². The van der Waals surface area contributed by atoms with E-state index in [-0.39, 0.29) is 29.9 Å². The number of carbonyl (C=O) groups is 3. The molecule has 4 amide bonds. The van der Waals surface area contributed by atoms with Crippen LogP contribution in [-0.4, -0.2) is 39.9 Å². The molecule has 10 nitrogen and oxygen atoms in total. The van der Waals surface area contributed by atoms with Gasteiger partial charge in [-0.15, -0.1) is 11.3 Å². The van der Waals surface area contributed by atoms with Crippen molar-refractivity contribution in [2.75, 3.05) is 10.2 Å². The highest BCUT2D eigenvalue weighted by atomic mass is 32.1. The number of carbonyl (C=O) groups excluding carboxylic acids is 3. The molecular formula is C30H30N6O4S. The van der Waals surface area contributed by atoms with E-state index in [1.165, 1.54) is 11.3 Å². The molecule has 0 radical (unpaired) electrons. The van der Waals surface area contributed by atoms with Crippen molar-refractivity contribution in [1.82, 2.24) is 20.6 Å². The van der Waals surface area contributed by atoms with Gasteiger partial charge in [-0.05, 0) is 56.9 Å². The van der Waals surface area contributed by atoms with Crippen molar-refractivity contribution in [3.05, 3.63) is 65.3 Å². The summed E-state index contributed by atoms with van der Waals surface area (Å²) >= 11 is 1.25. The fraction of sp³-hybridized carbons (Fsp3) is 0.300. The summed E-state index contributed by atoms with van der Waals surface area (Å²) in [5.74, 6) is 0.854. The number of pyridine rings is 2. The Bertz CT molecular complexity index is 1640. The zero-order valence-electron chi connectivity index (χ0n) is 22.8. The lowest BCUT2D eigenvalue weighted by molar-refractivity contribution is -0.121. The first-order valence-electron chi connectivity index (χ1n) is 13.7. The second kappa shape index (κ2) is 11.2. The number of hydrogen-bond acceptors (Lipinski definition) is 7.